The monoisotopic (exact) mass is 253 g/mol. The second-order valence-corrected chi connectivity index (χ2v) is 2.85. The van der Waals surface area contributed by atoms with Gasteiger partial charge in [0.2, 0.25) is 0 Å². The summed E-state index contributed by atoms with van der Waals surface area (Å²) in [4.78, 5) is 0. The van der Waals surface area contributed by atoms with Crippen molar-refractivity contribution in [3.63, 3.8) is 0 Å². The minimum atomic E-state index is 0.485. The lowest BCUT2D eigenvalue weighted by Crippen LogP contribution is -2.31. The molecule has 3 nitrogen and oxygen atoms in total. The minimum absolute atomic E-state index is 0.485. The zero-order valence-corrected chi connectivity index (χ0v) is 12.0. The molecule has 0 atom stereocenters. The SMILES string of the molecule is C=NNC(=S)NCc1ccccc1.CC.CC. The van der Waals surface area contributed by atoms with Gasteiger partial charge in [-0.2, -0.15) is 5.10 Å². The average Bonchev–Trinajstić information content (AvgIpc) is 2.43. The number of hydrogen-bond acceptors (Lipinski definition) is 2. The predicted octanol–water partition coefficient (Wildman–Crippen LogP) is 3.32. The Labute approximate surface area is 110 Å². The van der Waals surface area contributed by atoms with E-state index in [0.29, 0.717) is 11.7 Å². The van der Waals surface area contributed by atoms with Gasteiger partial charge in [0, 0.05) is 13.3 Å². The van der Waals surface area contributed by atoms with Crippen molar-refractivity contribution in [2.75, 3.05) is 0 Å². The highest BCUT2D eigenvalue weighted by molar-refractivity contribution is 7.80. The Morgan fingerprint density at radius 3 is 2.18 bits per heavy atom. The molecule has 4 heteroatoms. The third-order valence-corrected chi connectivity index (χ3v) is 1.71. The number of nitrogens with zero attached hydrogens (tertiary/aromatic N) is 1. The molecule has 0 aliphatic rings. The van der Waals surface area contributed by atoms with E-state index >= 15 is 0 Å². The molecular formula is C13H23N3S. The lowest BCUT2D eigenvalue weighted by atomic mass is 10.2. The van der Waals surface area contributed by atoms with E-state index in [-0.39, 0.29) is 0 Å². The molecule has 96 valence electrons. The molecule has 0 heterocycles. The van der Waals surface area contributed by atoms with Crippen molar-refractivity contribution < 1.29 is 0 Å². The second-order valence-electron chi connectivity index (χ2n) is 2.44. The molecule has 0 fully saturated rings. The van der Waals surface area contributed by atoms with Crippen LogP contribution in [0, 0.1) is 0 Å². The molecule has 0 spiro atoms. The fraction of sp³-hybridized carbons (Fsp3) is 0.385. The maximum atomic E-state index is 4.90. The molecule has 1 rings (SSSR count). The quantitative estimate of drug-likeness (QED) is 0.493. The van der Waals surface area contributed by atoms with Gasteiger partial charge in [0.25, 0.3) is 0 Å². The first-order chi connectivity index (χ1) is 8.33. The van der Waals surface area contributed by atoms with E-state index in [1.54, 1.807) is 0 Å². The zero-order valence-electron chi connectivity index (χ0n) is 11.2. The van der Waals surface area contributed by atoms with Crippen LogP contribution >= 0.6 is 12.2 Å². The lowest BCUT2D eigenvalue weighted by molar-refractivity contribution is 0.870. The molecule has 0 aliphatic heterocycles. The Balaban J connectivity index is 0. The molecule has 1 aromatic rings. The van der Waals surface area contributed by atoms with Crippen molar-refractivity contribution in [1.82, 2.24) is 10.7 Å². The van der Waals surface area contributed by atoms with Gasteiger partial charge in [0.1, 0.15) is 0 Å². The highest BCUT2D eigenvalue weighted by Gasteiger charge is 1.92. The molecule has 0 aliphatic carbocycles. The maximum absolute atomic E-state index is 4.90. The first-order valence-electron chi connectivity index (χ1n) is 5.86. The summed E-state index contributed by atoms with van der Waals surface area (Å²) in [5.41, 5.74) is 3.73. The summed E-state index contributed by atoms with van der Waals surface area (Å²) in [6.45, 7) is 12.0. The van der Waals surface area contributed by atoms with E-state index in [2.05, 4.69) is 22.6 Å². The molecule has 0 saturated carbocycles. The smallest absolute Gasteiger partial charge is 0.187 e. The fourth-order valence-corrected chi connectivity index (χ4v) is 1.03. The Hall–Kier alpha value is -1.42. The highest BCUT2D eigenvalue weighted by atomic mass is 32.1. The van der Waals surface area contributed by atoms with E-state index in [4.69, 9.17) is 12.2 Å². The number of rotatable bonds is 3. The number of hydrazone groups is 1. The van der Waals surface area contributed by atoms with Crippen LogP contribution in [0.2, 0.25) is 0 Å². The van der Waals surface area contributed by atoms with Crippen LogP contribution in [0.3, 0.4) is 0 Å². The van der Waals surface area contributed by atoms with Gasteiger partial charge in [-0.15, -0.1) is 0 Å². The summed E-state index contributed by atoms with van der Waals surface area (Å²) in [6, 6.07) is 10.00. The van der Waals surface area contributed by atoms with Crippen LogP contribution in [0.15, 0.2) is 35.4 Å². The van der Waals surface area contributed by atoms with E-state index in [9.17, 15) is 0 Å². The number of hydrogen-bond donors (Lipinski definition) is 2. The Morgan fingerprint density at radius 1 is 1.18 bits per heavy atom. The van der Waals surface area contributed by atoms with Gasteiger partial charge in [0.15, 0.2) is 5.11 Å². The molecule has 17 heavy (non-hydrogen) atoms. The molecule has 0 saturated heterocycles. The largest absolute Gasteiger partial charge is 0.357 e. The maximum Gasteiger partial charge on any atom is 0.187 e. The van der Waals surface area contributed by atoms with Gasteiger partial charge in [-0.05, 0) is 17.8 Å². The number of benzene rings is 1. The van der Waals surface area contributed by atoms with Crippen molar-refractivity contribution in [2.45, 2.75) is 34.2 Å². The molecule has 0 radical (unpaired) electrons. The van der Waals surface area contributed by atoms with Gasteiger partial charge in [-0.25, -0.2) is 0 Å². The third-order valence-electron chi connectivity index (χ3n) is 1.48. The van der Waals surface area contributed by atoms with Crippen LogP contribution in [0.4, 0.5) is 0 Å². The van der Waals surface area contributed by atoms with Crippen molar-refractivity contribution in [3.8, 4) is 0 Å². The van der Waals surface area contributed by atoms with Crippen molar-refractivity contribution in [1.29, 1.82) is 0 Å². The molecule has 0 aromatic heterocycles. The third kappa shape index (κ3) is 10.9. The van der Waals surface area contributed by atoms with Gasteiger partial charge in [-0.1, -0.05) is 58.0 Å². The normalized spacial score (nSPS) is 7.53. The van der Waals surface area contributed by atoms with Crippen molar-refractivity contribution in [2.24, 2.45) is 5.10 Å². The summed E-state index contributed by atoms with van der Waals surface area (Å²) in [5, 5.41) is 6.92. The van der Waals surface area contributed by atoms with E-state index < -0.39 is 0 Å². The average molecular weight is 253 g/mol. The molecule has 1 aromatic carbocycles. The summed E-state index contributed by atoms with van der Waals surface area (Å²) in [5.74, 6) is 0. The van der Waals surface area contributed by atoms with Crippen LogP contribution in [0.5, 0.6) is 0 Å². The van der Waals surface area contributed by atoms with Crippen molar-refractivity contribution >= 4 is 24.0 Å². The van der Waals surface area contributed by atoms with E-state index in [1.807, 2.05) is 58.0 Å². The standard InChI is InChI=1S/C9H11N3S.2C2H6/c1-10-12-9(13)11-7-8-5-3-2-4-6-8;2*1-2/h2-6H,1,7H2,(H2,11,12,13);2*1-2H3. The molecular weight excluding hydrogens is 230 g/mol. The topological polar surface area (TPSA) is 36.4 Å². The highest BCUT2D eigenvalue weighted by Crippen LogP contribution is 1.96. The number of thiocarbonyl (C=S) groups is 1. The second kappa shape index (κ2) is 14.6. The van der Waals surface area contributed by atoms with Crippen LogP contribution in [0.1, 0.15) is 33.3 Å². The molecule has 2 N–H and O–H groups in total. The van der Waals surface area contributed by atoms with Gasteiger partial charge < -0.3 is 5.32 Å². The first kappa shape index (κ1) is 18.0. The zero-order chi connectivity index (χ0) is 13.5. The van der Waals surface area contributed by atoms with Crippen LogP contribution < -0.4 is 10.7 Å². The van der Waals surface area contributed by atoms with Gasteiger partial charge in [0.05, 0.1) is 0 Å². The summed E-state index contributed by atoms with van der Waals surface area (Å²) < 4.78 is 0. The molecule has 0 bridgehead atoms. The van der Waals surface area contributed by atoms with Crippen LogP contribution in [-0.4, -0.2) is 11.8 Å². The van der Waals surface area contributed by atoms with Crippen molar-refractivity contribution in [3.05, 3.63) is 35.9 Å². The first-order valence-corrected chi connectivity index (χ1v) is 6.27. The van der Waals surface area contributed by atoms with E-state index in [1.165, 1.54) is 5.56 Å². The molecule has 0 unspecified atom stereocenters. The summed E-state index contributed by atoms with van der Waals surface area (Å²) in [6.07, 6.45) is 0. The Kier molecular flexibility index (Phi) is 15.4. The van der Waals surface area contributed by atoms with Crippen LogP contribution in [0.25, 0.3) is 0 Å². The number of nitrogens with one attached hydrogen (secondary N) is 2. The predicted molar refractivity (Wildman–Crippen MR) is 81.3 cm³/mol. The molecule has 0 amide bonds. The lowest BCUT2D eigenvalue weighted by Gasteiger charge is -2.05. The Morgan fingerprint density at radius 2 is 1.71 bits per heavy atom. The summed E-state index contributed by atoms with van der Waals surface area (Å²) in [7, 11) is 0. The van der Waals surface area contributed by atoms with Gasteiger partial charge in [-0.3, -0.25) is 5.43 Å². The Bertz CT molecular complexity index is 286. The minimum Gasteiger partial charge on any atom is -0.357 e. The fourth-order valence-electron chi connectivity index (χ4n) is 0.890. The summed E-state index contributed by atoms with van der Waals surface area (Å²) >= 11 is 4.90. The van der Waals surface area contributed by atoms with Gasteiger partial charge >= 0.3 is 0 Å². The van der Waals surface area contributed by atoms with Crippen LogP contribution in [-0.2, 0) is 6.54 Å². The van der Waals surface area contributed by atoms with E-state index in [0.717, 1.165) is 0 Å².